The highest BCUT2D eigenvalue weighted by atomic mass is 14.7. The Hall–Kier alpha value is -2.93. The molecule has 1 heterocycles. The summed E-state index contributed by atoms with van der Waals surface area (Å²) in [7, 11) is 0. The van der Waals surface area contributed by atoms with Crippen LogP contribution in [0.25, 0.3) is 33.2 Å². The minimum Gasteiger partial charge on any atom is -0.252 e. The molecule has 1 aromatic heterocycles. The van der Waals surface area contributed by atoms with E-state index in [0.717, 1.165) is 17.0 Å². The second-order valence-corrected chi connectivity index (χ2v) is 7.11. The first-order valence-corrected chi connectivity index (χ1v) is 9.20. The fraction of sp³-hybridized carbons (Fsp3) is 0.160. The van der Waals surface area contributed by atoms with Crippen LogP contribution >= 0.6 is 0 Å². The van der Waals surface area contributed by atoms with Gasteiger partial charge in [0.2, 0.25) is 0 Å². The van der Waals surface area contributed by atoms with Crippen molar-refractivity contribution in [1.82, 2.24) is 4.98 Å². The third-order valence-electron chi connectivity index (χ3n) is 5.00. The van der Waals surface area contributed by atoms with Gasteiger partial charge in [0.1, 0.15) is 0 Å². The van der Waals surface area contributed by atoms with Crippen LogP contribution in [0.4, 0.5) is 0 Å². The molecule has 0 saturated heterocycles. The van der Waals surface area contributed by atoms with Gasteiger partial charge in [-0.25, -0.2) is 0 Å². The Kier molecular flexibility index (Phi) is 4.30. The number of rotatable bonds is 3. The molecular weight excluding hydrogens is 314 g/mol. The third kappa shape index (κ3) is 2.90. The van der Waals surface area contributed by atoms with Crippen molar-refractivity contribution in [3.63, 3.8) is 0 Å². The number of nitrogens with zero attached hydrogens (tertiary/aromatic N) is 1. The number of aryl methyl sites for hydroxylation is 1. The van der Waals surface area contributed by atoms with Gasteiger partial charge in [-0.3, -0.25) is 4.98 Å². The summed E-state index contributed by atoms with van der Waals surface area (Å²) in [6.45, 7) is 6.60. The highest BCUT2D eigenvalue weighted by molar-refractivity contribution is 6.03. The van der Waals surface area contributed by atoms with Crippen molar-refractivity contribution in [1.29, 1.82) is 0 Å². The minimum atomic E-state index is 0.497. The Morgan fingerprint density at radius 2 is 1.31 bits per heavy atom. The summed E-state index contributed by atoms with van der Waals surface area (Å²) in [5, 5.41) is 2.52. The van der Waals surface area contributed by atoms with E-state index in [4.69, 9.17) is 4.98 Å². The SMILES string of the molecule is Cc1nc(-c2ccccc2)c(-c2ccccc2)c2cc(C(C)C)ccc12. The molecule has 4 aromatic rings. The summed E-state index contributed by atoms with van der Waals surface area (Å²) in [5.74, 6) is 0.497. The van der Waals surface area contributed by atoms with E-state index in [0.29, 0.717) is 5.92 Å². The molecule has 0 atom stereocenters. The van der Waals surface area contributed by atoms with Gasteiger partial charge in [-0.2, -0.15) is 0 Å². The summed E-state index contributed by atoms with van der Waals surface area (Å²) < 4.78 is 0. The Morgan fingerprint density at radius 3 is 1.92 bits per heavy atom. The van der Waals surface area contributed by atoms with Crippen molar-refractivity contribution < 1.29 is 0 Å². The number of hydrogen-bond acceptors (Lipinski definition) is 1. The second-order valence-electron chi connectivity index (χ2n) is 7.11. The lowest BCUT2D eigenvalue weighted by atomic mass is 9.90. The van der Waals surface area contributed by atoms with Crippen molar-refractivity contribution in [3.05, 3.63) is 90.1 Å². The molecule has 0 N–H and O–H groups in total. The molecule has 0 radical (unpaired) electrons. The lowest BCUT2D eigenvalue weighted by molar-refractivity contribution is 0.868. The van der Waals surface area contributed by atoms with E-state index in [1.54, 1.807) is 0 Å². The number of aromatic nitrogens is 1. The smallest absolute Gasteiger partial charge is 0.0789 e. The lowest BCUT2D eigenvalue weighted by Gasteiger charge is -2.17. The first-order chi connectivity index (χ1) is 12.6. The Bertz CT molecular complexity index is 1050. The minimum absolute atomic E-state index is 0.497. The van der Waals surface area contributed by atoms with Crippen LogP contribution in [0.5, 0.6) is 0 Å². The standard InChI is InChI=1S/C25H23N/c1-17(2)21-14-15-22-18(3)26-25(20-12-8-5-9-13-20)24(23(22)16-21)19-10-6-4-7-11-19/h4-17H,1-3H3. The molecule has 1 nitrogen and oxygen atoms in total. The molecule has 3 aromatic carbocycles. The van der Waals surface area contributed by atoms with Gasteiger partial charge in [0.15, 0.2) is 0 Å². The normalized spacial score (nSPS) is 11.2. The number of fused-ring (bicyclic) bond motifs is 1. The summed E-state index contributed by atoms with van der Waals surface area (Å²) in [6, 6.07) is 27.9. The Labute approximate surface area is 155 Å². The molecule has 26 heavy (non-hydrogen) atoms. The summed E-state index contributed by atoms with van der Waals surface area (Å²) in [4.78, 5) is 5.02. The van der Waals surface area contributed by atoms with Crippen molar-refractivity contribution in [3.8, 4) is 22.4 Å². The maximum absolute atomic E-state index is 5.02. The molecule has 4 rings (SSSR count). The maximum atomic E-state index is 5.02. The Morgan fingerprint density at radius 1 is 0.692 bits per heavy atom. The topological polar surface area (TPSA) is 12.9 Å². The molecule has 0 aliphatic rings. The van der Waals surface area contributed by atoms with Gasteiger partial charge in [-0.15, -0.1) is 0 Å². The zero-order valence-electron chi connectivity index (χ0n) is 15.5. The summed E-state index contributed by atoms with van der Waals surface area (Å²) >= 11 is 0. The summed E-state index contributed by atoms with van der Waals surface area (Å²) in [6.07, 6.45) is 0. The quantitative estimate of drug-likeness (QED) is 0.392. The molecular formula is C25H23N. The van der Waals surface area contributed by atoms with Gasteiger partial charge in [-0.1, -0.05) is 92.7 Å². The maximum Gasteiger partial charge on any atom is 0.0789 e. The molecule has 0 spiro atoms. The van der Waals surface area contributed by atoms with Crippen molar-refractivity contribution in [2.24, 2.45) is 0 Å². The first kappa shape index (κ1) is 16.5. The molecule has 1 heteroatoms. The van der Waals surface area contributed by atoms with Gasteiger partial charge in [0, 0.05) is 22.2 Å². The lowest BCUT2D eigenvalue weighted by Crippen LogP contribution is -1.97. The van der Waals surface area contributed by atoms with Gasteiger partial charge < -0.3 is 0 Å². The van der Waals surface area contributed by atoms with E-state index in [2.05, 4.69) is 99.6 Å². The molecule has 0 amide bonds. The van der Waals surface area contributed by atoms with Crippen LogP contribution in [0.2, 0.25) is 0 Å². The number of hydrogen-bond donors (Lipinski definition) is 0. The average molecular weight is 337 g/mol. The third-order valence-corrected chi connectivity index (χ3v) is 5.00. The van der Waals surface area contributed by atoms with Crippen LogP contribution in [-0.4, -0.2) is 4.98 Å². The van der Waals surface area contributed by atoms with Gasteiger partial charge in [0.05, 0.1) is 5.69 Å². The fourth-order valence-corrected chi connectivity index (χ4v) is 3.56. The van der Waals surface area contributed by atoms with E-state index in [-0.39, 0.29) is 0 Å². The van der Waals surface area contributed by atoms with Crippen molar-refractivity contribution >= 4 is 10.8 Å². The predicted molar refractivity (Wildman–Crippen MR) is 111 cm³/mol. The highest BCUT2D eigenvalue weighted by Crippen LogP contribution is 2.38. The summed E-state index contributed by atoms with van der Waals surface area (Å²) in [5.41, 5.74) is 7.09. The predicted octanol–water partition coefficient (Wildman–Crippen LogP) is 7.00. The van der Waals surface area contributed by atoms with Crippen LogP contribution in [-0.2, 0) is 0 Å². The highest BCUT2D eigenvalue weighted by Gasteiger charge is 2.16. The zero-order valence-corrected chi connectivity index (χ0v) is 15.5. The van der Waals surface area contributed by atoms with Gasteiger partial charge >= 0.3 is 0 Å². The van der Waals surface area contributed by atoms with Crippen molar-refractivity contribution in [2.75, 3.05) is 0 Å². The zero-order chi connectivity index (χ0) is 18.1. The second kappa shape index (κ2) is 6.76. The van der Waals surface area contributed by atoms with Crippen LogP contribution < -0.4 is 0 Å². The van der Waals surface area contributed by atoms with E-state index in [1.165, 1.54) is 27.5 Å². The average Bonchev–Trinajstić information content (AvgIpc) is 2.68. The van der Waals surface area contributed by atoms with E-state index in [1.807, 2.05) is 0 Å². The molecule has 0 fully saturated rings. The molecule has 0 aliphatic heterocycles. The monoisotopic (exact) mass is 337 g/mol. The Balaban J connectivity index is 2.13. The van der Waals surface area contributed by atoms with E-state index in [9.17, 15) is 0 Å². The van der Waals surface area contributed by atoms with E-state index < -0.39 is 0 Å². The van der Waals surface area contributed by atoms with Crippen LogP contribution in [0.3, 0.4) is 0 Å². The molecule has 0 saturated carbocycles. The van der Waals surface area contributed by atoms with Gasteiger partial charge in [-0.05, 0) is 29.4 Å². The van der Waals surface area contributed by atoms with Crippen molar-refractivity contribution in [2.45, 2.75) is 26.7 Å². The first-order valence-electron chi connectivity index (χ1n) is 9.20. The molecule has 0 aliphatic carbocycles. The fourth-order valence-electron chi connectivity index (χ4n) is 3.56. The molecule has 0 unspecified atom stereocenters. The van der Waals surface area contributed by atoms with E-state index >= 15 is 0 Å². The van der Waals surface area contributed by atoms with Crippen LogP contribution in [0.15, 0.2) is 78.9 Å². The largest absolute Gasteiger partial charge is 0.252 e. The van der Waals surface area contributed by atoms with Crippen LogP contribution in [0, 0.1) is 6.92 Å². The number of benzene rings is 3. The molecule has 128 valence electrons. The van der Waals surface area contributed by atoms with Gasteiger partial charge in [0.25, 0.3) is 0 Å². The van der Waals surface area contributed by atoms with Crippen LogP contribution in [0.1, 0.15) is 31.0 Å². The molecule has 0 bridgehead atoms. The number of pyridine rings is 1.